The molecular formula is C27H24N2O. The lowest BCUT2D eigenvalue weighted by molar-refractivity contribution is 0.585. The molecule has 3 aromatic carbocycles. The molecular weight excluding hydrogens is 368 g/mol. The zero-order valence-corrected chi connectivity index (χ0v) is 17.5. The van der Waals surface area contributed by atoms with Gasteiger partial charge in [0.15, 0.2) is 5.58 Å². The first-order valence-electron chi connectivity index (χ1n) is 10.2. The molecule has 0 N–H and O–H groups in total. The Morgan fingerprint density at radius 3 is 2.47 bits per heavy atom. The van der Waals surface area contributed by atoms with Crippen molar-refractivity contribution in [1.82, 2.24) is 9.55 Å². The number of fused-ring (bicyclic) bond motifs is 2. The van der Waals surface area contributed by atoms with E-state index in [1.54, 1.807) is 0 Å². The van der Waals surface area contributed by atoms with Crippen LogP contribution in [0.2, 0.25) is 0 Å². The molecule has 0 aliphatic rings. The van der Waals surface area contributed by atoms with Crippen LogP contribution in [0.15, 0.2) is 83.4 Å². The van der Waals surface area contributed by atoms with Gasteiger partial charge in [-0.2, -0.15) is 0 Å². The van der Waals surface area contributed by atoms with Crippen LogP contribution >= 0.6 is 0 Å². The maximum absolute atomic E-state index is 5.89. The third-order valence-electron chi connectivity index (χ3n) is 5.46. The molecule has 0 radical (unpaired) electrons. The van der Waals surface area contributed by atoms with E-state index in [-0.39, 0.29) is 5.41 Å². The van der Waals surface area contributed by atoms with Crippen molar-refractivity contribution in [3.05, 3.63) is 96.0 Å². The number of hydrogen-bond donors (Lipinski definition) is 0. The topological polar surface area (TPSA) is 31.0 Å². The third-order valence-corrected chi connectivity index (χ3v) is 5.46. The maximum Gasteiger partial charge on any atom is 0.220 e. The van der Waals surface area contributed by atoms with Crippen LogP contribution in [0.1, 0.15) is 37.8 Å². The van der Waals surface area contributed by atoms with Gasteiger partial charge in [0.05, 0.1) is 5.52 Å². The summed E-state index contributed by atoms with van der Waals surface area (Å²) in [6, 6.07) is 25.3. The zero-order valence-electron chi connectivity index (χ0n) is 17.5. The summed E-state index contributed by atoms with van der Waals surface area (Å²) in [4.78, 5) is 4.64. The molecule has 5 aromatic rings. The van der Waals surface area contributed by atoms with E-state index in [1.165, 1.54) is 16.5 Å². The van der Waals surface area contributed by atoms with Crippen molar-refractivity contribution in [3.63, 3.8) is 0 Å². The molecule has 0 unspecified atom stereocenters. The fourth-order valence-corrected chi connectivity index (χ4v) is 3.70. The Hall–Kier alpha value is -3.59. The van der Waals surface area contributed by atoms with E-state index in [1.807, 2.05) is 18.2 Å². The van der Waals surface area contributed by atoms with E-state index >= 15 is 0 Å². The van der Waals surface area contributed by atoms with E-state index in [2.05, 4.69) is 103 Å². The number of rotatable bonds is 3. The van der Waals surface area contributed by atoms with E-state index in [0.29, 0.717) is 5.89 Å². The average molecular weight is 393 g/mol. The Labute approximate surface area is 176 Å². The Bertz CT molecular complexity index is 1360. The van der Waals surface area contributed by atoms with Gasteiger partial charge in [0.25, 0.3) is 0 Å². The standard InChI is InChI=1S/C27H24N2O/c1-27(2,3)21-11-14-25-23(18-21)28-26(30-25)15-10-19-8-12-22(13-9-19)29-17-16-20-6-4-5-7-24(20)29/h4-18H,1-3H3/b15-10+. The number of benzene rings is 3. The van der Waals surface area contributed by atoms with Crippen molar-refractivity contribution >= 4 is 34.2 Å². The Morgan fingerprint density at radius 2 is 1.67 bits per heavy atom. The summed E-state index contributed by atoms with van der Waals surface area (Å²) < 4.78 is 8.09. The van der Waals surface area contributed by atoms with Crippen LogP contribution in [0.4, 0.5) is 0 Å². The van der Waals surface area contributed by atoms with Gasteiger partial charge in [-0.3, -0.25) is 0 Å². The highest BCUT2D eigenvalue weighted by Crippen LogP contribution is 2.27. The smallest absolute Gasteiger partial charge is 0.220 e. The molecule has 0 aliphatic carbocycles. The van der Waals surface area contributed by atoms with Crippen molar-refractivity contribution in [2.24, 2.45) is 0 Å². The number of aromatic nitrogens is 2. The molecule has 148 valence electrons. The molecule has 2 aromatic heterocycles. The molecule has 30 heavy (non-hydrogen) atoms. The summed E-state index contributed by atoms with van der Waals surface area (Å²) >= 11 is 0. The van der Waals surface area contributed by atoms with Crippen LogP contribution in [0.25, 0.3) is 39.8 Å². The molecule has 0 amide bonds. The highest BCUT2D eigenvalue weighted by molar-refractivity contribution is 5.82. The summed E-state index contributed by atoms with van der Waals surface area (Å²) in [6.07, 6.45) is 6.07. The molecule has 0 bridgehead atoms. The normalized spacial score (nSPS) is 12.4. The lowest BCUT2D eigenvalue weighted by atomic mass is 9.87. The quantitative estimate of drug-likeness (QED) is 0.324. The predicted molar refractivity (Wildman–Crippen MR) is 125 cm³/mol. The largest absolute Gasteiger partial charge is 0.437 e. The molecule has 0 spiro atoms. The van der Waals surface area contributed by atoms with Gasteiger partial charge in [-0.05, 0) is 64.4 Å². The minimum Gasteiger partial charge on any atom is -0.437 e. The molecule has 5 rings (SSSR count). The molecule has 0 saturated heterocycles. The fraction of sp³-hybridized carbons (Fsp3) is 0.148. The first-order valence-corrected chi connectivity index (χ1v) is 10.2. The number of para-hydroxylation sites is 1. The monoisotopic (exact) mass is 392 g/mol. The van der Waals surface area contributed by atoms with Crippen molar-refractivity contribution in [2.45, 2.75) is 26.2 Å². The average Bonchev–Trinajstić information content (AvgIpc) is 3.35. The summed E-state index contributed by atoms with van der Waals surface area (Å²) in [5.74, 6) is 0.622. The Balaban J connectivity index is 1.39. The highest BCUT2D eigenvalue weighted by atomic mass is 16.3. The van der Waals surface area contributed by atoms with Crippen LogP contribution in [0.3, 0.4) is 0 Å². The van der Waals surface area contributed by atoms with Gasteiger partial charge >= 0.3 is 0 Å². The molecule has 2 heterocycles. The van der Waals surface area contributed by atoms with Crippen LogP contribution in [0, 0.1) is 0 Å². The highest BCUT2D eigenvalue weighted by Gasteiger charge is 2.15. The fourth-order valence-electron chi connectivity index (χ4n) is 3.70. The zero-order chi connectivity index (χ0) is 20.7. The summed E-state index contributed by atoms with van der Waals surface area (Å²) in [5, 5.41) is 1.24. The number of oxazole rings is 1. The molecule has 0 saturated carbocycles. The lowest BCUT2D eigenvalue weighted by Gasteiger charge is -2.18. The SMILES string of the molecule is CC(C)(C)c1ccc2oc(/C=C/c3ccc(-n4ccc5ccccc54)cc3)nc2c1. The summed E-state index contributed by atoms with van der Waals surface area (Å²) in [5.41, 5.74) is 6.52. The molecule has 3 heteroatoms. The van der Waals surface area contributed by atoms with Gasteiger partial charge < -0.3 is 8.98 Å². The molecule has 0 fully saturated rings. The Morgan fingerprint density at radius 1 is 0.867 bits per heavy atom. The number of nitrogens with zero attached hydrogens (tertiary/aromatic N) is 2. The number of hydrogen-bond acceptors (Lipinski definition) is 2. The summed E-state index contributed by atoms with van der Waals surface area (Å²) in [6.45, 7) is 6.61. The van der Waals surface area contributed by atoms with E-state index < -0.39 is 0 Å². The van der Waals surface area contributed by atoms with E-state index in [9.17, 15) is 0 Å². The maximum atomic E-state index is 5.89. The van der Waals surface area contributed by atoms with Crippen LogP contribution < -0.4 is 0 Å². The van der Waals surface area contributed by atoms with Crippen molar-refractivity contribution in [2.75, 3.05) is 0 Å². The van der Waals surface area contributed by atoms with Gasteiger partial charge in [0, 0.05) is 18.0 Å². The van der Waals surface area contributed by atoms with E-state index in [0.717, 1.165) is 22.4 Å². The second-order valence-electron chi connectivity index (χ2n) is 8.65. The molecule has 0 aliphatic heterocycles. The van der Waals surface area contributed by atoms with Crippen molar-refractivity contribution < 1.29 is 4.42 Å². The van der Waals surface area contributed by atoms with Gasteiger partial charge in [-0.15, -0.1) is 0 Å². The van der Waals surface area contributed by atoms with Crippen LogP contribution in [-0.4, -0.2) is 9.55 Å². The summed E-state index contributed by atoms with van der Waals surface area (Å²) in [7, 11) is 0. The van der Waals surface area contributed by atoms with E-state index in [4.69, 9.17) is 4.42 Å². The van der Waals surface area contributed by atoms with Crippen molar-refractivity contribution in [1.29, 1.82) is 0 Å². The third kappa shape index (κ3) is 3.43. The minimum absolute atomic E-state index is 0.0932. The van der Waals surface area contributed by atoms with Gasteiger partial charge in [-0.25, -0.2) is 4.98 Å². The minimum atomic E-state index is 0.0932. The van der Waals surface area contributed by atoms with Crippen molar-refractivity contribution in [3.8, 4) is 5.69 Å². The first kappa shape index (κ1) is 18.4. The van der Waals surface area contributed by atoms with Gasteiger partial charge in [-0.1, -0.05) is 57.2 Å². The molecule has 0 atom stereocenters. The second kappa shape index (κ2) is 7.03. The van der Waals surface area contributed by atoms with Gasteiger partial charge in [0.1, 0.15) is 5.52 Å². The lowest BCUT2D eigenvalue weighted by Crippen LogP contribution is -2.10. The van der Waals surface area contributed by atoms with Crippen LogP contribution in [0.5, 0.6) is 0 Å². The first-order chi connectivity index (χ1) is 14.5. The second-order valence-corrected chi connectivity index (χ2v) is 8.65. The predicted octanol–water partition coefficient (Wildman–Crippen LogP) is 7.24. The van der Waals surface area contributed by atoms with Crippen LogP contribution in [-0.2, 0) is 5.41 Å². The molecule has 3 nitrogen and oxygen atoms in total. The van der Waals surface area contributed by atoms with Gasteiger partial charge in [0.2, 0.25) is 5.89 Å². The Kier molecular flexibility index (Phi) is 4.32.